The second-order valence-corrected chi connectivity index (χ2v) is 3.91. The summed E-state index contributed by atoms with van der Waals surface area (Å²) >= 11 is 0. The van der Waals surface area contributed by atoms with Gasteiger partial charge in [-0.25, -0.2) is 0 Å². The first-order chi connectivity index (χ1) is 7.93. The van der Waals surface area contributed by atoms with Crippen molar-refractivity contribution in [3.8, 4) is 0 Å². The fourth-order valence-corrected chi connectivity index (χ4v) is 1.35. The summed E-state index contributed by atoms with van der Waals surface area (Å²) in [6, 6.07) is 5.67. The van der Waals surface area contributed by atoms with Crippen molar-refractivity contribution in [2.45, 2.75) is 27.7 Å². The number of benzene rings is 1. The lowest BCUT2D eigenvalue weighted by molar-refractivity contribution is -0.113. The number of allylic oxidation sites excluding steroid dienone is 2. The van der Waals surface area contributed by atoms with Crippen molar-refractivity contribution in [2.24, 2.45) is 10.2 Å². The van der Waals surface area contributed by atoms with Gasteiger partial charge >= 0.3 is 0 Å². The zero-order valence-electron chi connectivity index (χ0n) is 10.5. The highest BCUT2D eigenvalue weighted by molar-refractivity contribution is 5.93. The average molecular weight is 232 g/mol. The number of aliphatic hydroxyl groups is 1. The molecule has 0 saturated carbocycles. The number of hydrogen-bond donors (Lipinski definition) is 1. The molecule has 0 atom stereocenters. The Bertz CT molecular complexity index is 498. The quantitative estimate of drug-likeness (QED) is 0.490. The fraction of sp³-hybridized carbons (Fsp3) is 0.308. The molecule has 0 amide bonds. The number of carbonyl (C=O) groups is 1. The van der Waals surface area contributed by atoms with Gasteiger partial charge in [0.05, 0.1) is 5.69 Å². The molecule has 0 aliphatic rings. The molecule has 0 spiro atoms. The third kappa shape index (κ3) is 3.24. The summed E-state index contributed by atoms with van der Waals surface area (Å²) < 4.78 is 0. The molecule has 0 unspecified atom stereocenters. The van der Waals surface area contributed by atoms with Crippen molar-refractivity contribution in [3.05, 3.63) is 40.8 Å². The minimum absolute atomic E-state index is 0.00842. The van der Waals surface area contributed by atoms with Crippen molar-refractivity contribution < 1.29 is 9.90 Å². The third-order valence-electron chi connectivity index (χ3n) is 2.51. The lowest BCUT2D eigenvalue weighted by Crippen LogP contribution is -1.96. The Morgan fingerprint density at radius 1 is 1.24 bits per heavy atom. The van der Waals surface area contributed by atoms with Crippen LogP contribution in [0.4, 0.5) is 5.69 Å². The van der Waals surface area contributed by atoms with Crippen LogP contribution in [0.15, 0.2) is 39.9 Å². The molecule has 0 aliphatic heterocycles. The summed E-state index contributed by atoms with van der Waals surface area (Å²) in [5.74, 6) is -0.425. The van der Waals surface area contributed by atoms with E-state index < -0.39 is 0 Å². The highest BCUT2D eigenvalue weighted by Crippen LogP contribution is 2.22. The van der Waals surface area contributed by atoms with Crippen LogP contribution in [-0.2, 0) is 4.79 Å². The van der Waals surface area contributed by atoms with Gasteiger partial charge in [-0.15, -0.1) is 5.11 Å². The van der Waals surface area contributed by atoms with Gasteiger partial charge in [0.2, 0.25) is 0 Å². The van der Waals surface area contributed by atoms with Crippen LogP contribution in [0.25, 0.3) is 0 Å². The zero-order chi connectivity index (χ0) is 13.0. The van der Waals surface area contributed by atoms with Crippen LogP contribution in [0.2, 0.25) is 0 Å². The number of carbonyl (C=O) groups excluding carboxylic acids is 1. The van der Waals surface area contributed by atoms with E-state index in [4.69, 9.17) is 0 Å². The molecular weight excluding hydrogens is 216 g/mol. The molecule has 0 bridgehead atoms. The minimum atomic E-state index is -0.306. The number of nitrogens with zero attached hydrogens (tertiary/aromatic N) is 2. The SMILES string of the molecule is CC(=O)C(N=Nc1cccc(C)c1C)=C(C)O. The average Bonchev–Trinajstić information content (AvgIpc) is 2.23. The van der Waals surface area contributed by atoms with Crippen molar-refractivity contribution in [2.75, 3.05) is 0 Å². The summed E-state index contributed by atoms with van der Waals surface area (Å²) in [6.07, 6.45) is 0. The standard InChI is InChI=1S/C13H16N2O2/c1-8-6-5-7-12(9(8)2)14-15-13(10(3)16)11(4)17/h5-7,16H,1-4H3. The molecule has 0 radical (unpaired) electrons. The second-order valence-electron chi connectivity index (χ2n) is 3.91. The van der Waals surface area contributed by atoms with E-state index in [1.165, 1.54) is 13.8 Å². The number of hydrogen-bond acceptors (Lipinski definition) is 4. The highest BCUT2D eigenvalue weighted by atomic mass is 16.3. The molecule has 1 aromatic carbocycles. The number of ketones is 1. The molecule has 1 N–H and O–H groups in total. The van der Waals surface area contributed by atoms with Crippen LogP contribution in [0.3, 0.4) is 0 Å². The monoisotopic (exact) mass is 232 g/mol. The highest BCUT2D eigenvalue weighted by Gasteiger charge is 2.07. The van der Waals surface area contributed by atoms with Gasteiger partial charge in [0.15, 0.2) is 11.5 Å². The van der Waals surface area contributed by atoms with Gasteiger partial charge in [-0.1, -0.05) is 12.1 Å². The molecule has 0 fully saturated rings. The smallest absolute Gasteiger partial charge is 0.183 e. The Balaban J connectivity index is 3.10. The first-order valence-corrected chi connectivity index (χ1v) is 5.32. The fourth-order valence-electron chi connectivity index (χ4n) is 1.35. The number of Topliss-reactive ketones (excluding diaryl/α,β-unsaturated/α-hetero) is 1. The molecule has 0 aliphatic carbocycles. The maximum Gasteiger partial charge on any atom is 0.183 e. The molecule has 0 saturated heterocycles. The Labute approximate surface area is 101 Å². The van der Waals surface area contributed by atoms with Gasteiger partial charge in [0.1, 0.15) is 5.76 Å². The van der Waals surface area contributed by atoms with Crippen LogP contribution >= 0.6 is 0 Å². The number of aliphatic hydroxyl groups excluding tert-OH is 1. The Morgan fingerprint density at radius 3 is 2.41 bits per heavy atom. The van der Waals surface area contributed by atoms with E-state index >= 15 is 0 Å². The number of azo groups is 1. The Morgan fingerprint density at radius 2 is 1.88 bits per heavy atom. The molecule has 4 nitrogen and oxygen atoms in total. The molecule has 1 rings (SSSR count). The molecule has 4 heteroatoms. The maximum atomic E-state index is 11.2. The molecule has 0 heterocycles. The summed E-state index contributed by atoms with van der Waals surface area (Å²) in [5.41, 5.74) is 2.81. The van der Waals surface area contributed by atoms with E-state index in [1.54, 1.807) is 0 Å². The zero-order valence-corrected chi connectivity index (χ0v) is 10.5. The predicted molar refractivity (Wildman–Crippen MR) is 66.4 cm³/mol. The third-order valence-corrected chi connectivity index (χ3v) is 2.51. The Kier molecular flexibility index (Phi) is 4.15. The number of rotatable bonds is 3. The minimum Gasteiger partial charge on any atom is -0.510 e. The second kappa shape index (κ2) is 5.39. The topological polar surface area (TPSA) is 62.0 Å². The van der Waals surface area contributed by atoms with Crippen LogP contribution in [0, 0.1) is 13.8 Å². The van der Waals surface area contributed by atoms with Crippen molar-refractivity contribution in [1.82, 2.24) is 0 Å². The Hall–Kier alpha value is -1.97. The van der Waals surface area contributed by atoms with Gasteiger partial charge in [-0.2, -0.15) is 5.11 Å². The molecule has 0 aromatic heterocycles. The van der Waals surface area contributed by atoms with Crippen molar-refractivity contribution >= 4 is 11.5 Å². The molecular formula is C13H16N2O2. The van der Waals surface area contributed by atoms with Crippen LogP contribution in [0.5, 0.6) is 0 Å². The summed E-state index contributed by atoms with van der Waals surface area (Å²) in [4.78, 5) is 11.2. The van der Waals surface area contributed by atoms with Crippen LogP contribution < -0.4 is 0 Å². The normalized spacial score (nSPS) is 12.7. The van der Waals surface area contributed by atoms with Gasteiger partial charge in [-0.3, -0.25) is 4.79 Å². The number of aryl methyl sites for hydroxylation is 1. The van der Waals surface area contributed by atoms with Gasteiger partial charge in [-0.05, 0) is 38.0 Å². The van der Waals surface area contributed by atoms with E-state index in [1.807, 2.05) is 32.0 Å². The van der Waals surface area contributed by atoms with E-state index in [0.29, 0.717) is 5.69 Å². The maximum absolute atomic E-state index is 11.2. The summed E-state index contributed by atoms with van der Waals surface area (Å²) in [6.45, 7) is 6.68. The predicted octanol–water partition coefficient (Wildman–Crippen LogP) is 3.77. The first kappa shape index (κ1) is 13.1. The van der Waals surface area contributed by atoms with E-state index in [0.717, 1.165) is 11.1 Å². The van der Waals surface area contributed by atoms with Crippen LogP contribution in [0.1, 0.15) is 25.0 Å². The van der Waals surface area contributed by atoms with E-state index in [2.05, 4.69) is 10.2 Å². The lowest BCUT2D eigenvalue weighted by atomic mass is 10.1. The molecule has 1 aromatic rings. The van der Waals surface area contributed by atoms with E-state index in [9.17, 15) is 9.90 Å². The van der Waals surface area contributed by atoms with Crippen LogP contribution in [-0.4, -0.2) is 10.9 Å². The summed E-state index contributed by atoms with van der Waals surface area (Å²) in [5, 5.41) is 17.1. The van der Waals surface area contributed by atoms with Gasteiger partial charge < -0.3 is 5.11 Å². The van der Waals surface area contributed by atoms with Gasteiger partial charge in [0.25, 0.3) is 0 Å². The summed E-state index contributed by atoms with van der Waals surface area (Å²) in [7, 11) is 0. The van der Waals surface area contributed by atoms with Crippen molar-refractivity contribution in [1.29, 1.82) is 0 Å². The molecule has 17 heavy (non-hydrogen) atoms. The first-order valence-electron chi connectivity index (χ1n) is 5.32. The van der Waals surface area contributed by atoms with E-state index in [-0.39, 0.29) is 17.2 Å². The lowest BCUT2D eigenvalue weighted by Gasteiger charge is -2.02. The van der Waals surface area contributed by atoms with Crippen molar-refractivity contribution in [3.63, 3.8) is 0 Å². The van der Waals surface area contributed by atoms with Gasteiger partial charge in [0, 0.05) is 6.92 Å². The largest absolute Gasteiger partial charge is 0.510 e. The molecule has 90 valence electrons.